The molecule has 0 aliphatic heterocycles. The lowest BCUT2D eigenvalue weighted by molar-refractivity contribution is 0.460. The SMILES string of the molecule is N#CC(C#N)=NNc1ccc(Oc2cnccn2)cc1. The third-order valence-electron chi connectivity index (χ3n) is 2.12. The molecule has 0 aliphatic rings. The van der Waals surface area contributed by atoms with Crippen molar-refractivity contribution >= 4 is 11.4 Å². The van der Waals surface area contributed by atoms with Crippen LogP contribution in [-0.4, -0.2) is 15.7 Å². The number of benzene rings is 1. The van der Waals surface area contributed by atoms with Gasteiger partial charge in [0.2, 0.25) is 11.6 Å². The van der Waals surface area contributed by atoms with Gasteiger partial charge in [-0.3, -0.25) is 10.4 Å². The summed E-state index contributed by atoms with van der Waals surface area (Å²) >= 11 is 0. The van der Waals surface area contributed by atoms with Crippen molar-refractivity contribution in [1.29, 1.82) is 10.5 Å². The zero-order valence-electron chi connectivity index (χ0n) is 10.2. The van der Waals surface area contributed by atoms with E-state index >= 15 is 0 Å². The fraction of sp³-hybridized carbons (Fsp3) is 0. The van der Waals surface area contributed by atoms with Gasteiger partial charge in [-0.1, -0.05) is 0 Å². The summed E-state index contributed by atoms with van der Waals surface area (Å²) in [6.07, 6.45) is 4.59. The number of nitriles is 2. The second-order valence-electron chi connectivity index (χ2n) is 3.47. The first-order valence-corrected chi connectivity index (χ1v) is 5.49. The van der Waals surface area contributed by atoms with Gasteiger partial charge in [-0.25, -0.2) is 4.98 Å². The van der Waals surface area contributed by atoms with Crippen LogP contribution in [0, 0.1) is 22.7 Å². The Kier molecular flexibility index (Phi) is 4.21. The van der Waals surface area contributed by atoms with Crippen LogP contribution in [0.5, 0.6) is 11.6 Å². The summed E-state index contributed by atoms with van der Waals surface area (Å²) in [5.41, 5.74) is 2.98. The number of anilines is 1. The predicted octanol–water partition coefficient (Wildman–Crippen LogP) is 2.08. The third kappa shape index (κ3) is 3.52. The highest BCUT2D eigenvalue weighted by Gasteiger charge is 1.99. The van der Waals surface area contributed by atoms with E-state index in [0.717, 1.165) is 0 Å². The molecule has 0 fully saturated rings. The van der Waals surface area contributed by atoms with E-state index in [9.17, 15) is 0 Å². The summed E-state index contributed by atoms with van der Waals surface area (Å²) in [5.74, 6) is 0.975. The maximum absolute atomic E-state index is 8.54. The summed E-state index contributed by atoms with van der Waals surface area (Å²) in [6.45, 7) is 0. The Morgan fingerprint density at radius 1 is 1.15 bits per heavy atom. The van der Waals surface area contributed by atoms with Crippen molar-refractivity contribution in [2.45, 2.75) is 0 Å². The predicted molar refractivity (Wildman–Crippen MR) is 70.8 cm³/mol. The number of hydrogen-bond acceptors (Lipinski definition) is 7. The van der Waals surface area contributed by atoms with Crippen LogP contribution in [0.15, 0.2) is 48.0 Å². The van der Waals surface area contributed by atoms with Gasteiger partial charge < -0.3 is 4.74 Å². The second-order valence-corrected chi connectivity index (χ2v) is 3.47. The lowest BCUT2D eigenvalue weighted by atomic mass is 10.3. The molecule has 7 nitrogen and oxygen atoms in total. The molecule has 96 valence electrons. The van der Waals surface area contributed by atoms with Gasteiger partial charge in [0.1, 0.15) is 17.9 Å². The fourth-order valence-corrected chi connectivity index (χ4v) is 1.25. The van der Waals surface area contributed by atoms with Gasteiger partial charge in [-0.15, -0.1) is 0 Å². The highest BCUT2D eigenvalue weighted by atomic mass is 16.5. The average molecular weight is 264 g/mol. The van der Waals surface area contributed by atoms with Crippen molar-refractivity contribution < 1.29 is 4.74 Å². The van der Waals surface area contributed by atoms with Crippen molar-refractivity contribution in [2.75, 3.05) is 5.43 Å². The van der Waals surface area contributed by atoms with E-state index in [1.165, 1.54) is 12.4 Å². The zero-order chi connectivity index (χ0) is 14.2. The quantitative estimate of drug-likeness (QED) is 0.669. The Hall–Kier alpha value is -3.45. The minimum Gasteiger partial charge on any atom is -0.438 e. The number of nitrogens with one attached hydrogen (secondary N) is 1. The lowest BCUT2D eigenvalue weighted by Crippen LogP contribution is -1.96. The molecule has 0 amide bonds. The summed E-state index contributed by atoms with van der Waals surface area (Å²) in [4.78, 5) is 7.87. The highest BCUT2D eigenvalue weighted by molar-refractivity contribution is 6.10. The average Bonchev–Trinajstić information content (AvgIpc) is 2.51. The van der Waals surface area contributed by atoms with E-state index in [-0.39, 0.29) is 5.71 Å². The Labute approximate surface area is 114 Å². The number of aromatic nitrogens is 2. The van der Waals surface area contributed by atoms with Crippen molar-refractivity contribution in [3.63, 3.8) is 0 Å². The van der Waals surface area contributed by atoms with Crippen LogP contribution in [0.3, 0.4) is 0 Å². The van der Waals surface area contributed by atoms with E-state index in [1.807, 2.05) is 0 Å². The van der Waals surface area contributed by atoms with Gasteiger partial charge in [0.05, 0.1) is 11.9 Å². The van der Waals surface area contributed by atoms with Crippen molar-refractivity contribution in [3.05, 3.63) is 42.9 Å². The Morgan fingerprint density at radius 2 is 1.90 bits per heavy atom. The molecule has 0 bridgehead atoms. The fourth-order valence-electron chi connectivity index (χ4n) is 1.25. The molecular formula is C13H8N6O. The first-order valence-electron chi connectivity index (χ1n) is 5.49. The lowest BCUT2D eigenvalue weighted by Gasteiger charge is -2.04. The molecule has 7 heteroatoms. The number of hydrogen-bond donors (Lipinski definition) is 1. The molecule has 0 atom stereocenters. The minimum atomic E-state index is -0.245. The summed E-state index contributed by atoms with van der Waals surface area (Å²) in [6, 6.07) is 10.1. The van der Waals surface area contributed by atoms with Crippen molar-refractivity contribution in [2.24, 2.45) is 5.10 Å². The van der Waals surface area contributed by atoms with Gasteiger partial charge in [0.25, 0.3) is 0 Å². The van der Waals surface area contributed by atoms with Crippen molar-refractivity contribution in [3.8, 4) is 23.8 Å². The normalized spacial score (nSPS) is 8.90. The summed E-state index contributed by atoms with van der Waals surface area (Å²) < 4.78 is 5.46. The molecule has 1 aromatic carbocycles. The molecule has 2 rings (SSSR count). The number of ether oxygens (including phenoxy) is 1. The van der Waals surface area contributed by atoms with Crippen LogP contribution < -0.4 is 10.2 Å². The van der Waals surface area contributed by atoms with Gasteiger partial charge in [-0.2, -0.15) is 15.6 Å². The molecule has 2 aromatic rings. The smallest absolute Gasteiger partial charge is 0.237 e. The van der Waals surface area contributed by atoms with Crippen LogP contribution in [0.4, 0.5) is 5.69 Å². The Balaban J connectivity index is 2.02. The molecule has 1 heterocycles. The molecule has 1 aromatic heterocycles. The van der Waals surface area contributed by atoms with E-state index in [4.69, 9.17) is 15.3 Å². The standard InChI is InChI=1S/C13H8N6O/c14-7-11(8-15)19-18-10-1-3-12(4-2-10)20-13-9-16-5-6-17-13/h1-6,9,18H. The van der Waals surface area contributed by atoms with Crippen LogP contribution in [-0.2, 0) is 0 Å². The van der Waals surface area contributed by atoms with Crippen LogP contribution in [0.1, 0.15) is 0 Å². The molecule has 0 radical (unpaired) electrons. The molecule has 0 saturated carbocycles. The maximum atomic E-state index is 8.54. The maximum Gasteiger partial charge on any atom is 0.237 e. The molecule has 0 unspecified atom stereocenters. The zero-order valence-corrected chi connectivity index (χ0v) is 10.2. The molecule has 0 saturated heterocycles. The Bertz CT molecular complexity index is 666. The largest absolute Gasteiger partial charge is 0.438 e. The van der Waals surface area contributed by atoms with Crippen LogP contribution in [0.25, 0.3) is 0 Å². The first kappa shape index (κ1) is 13.0. The topological polar surface area (TPSA) is 107 Å². The molecule has 1 N–H and O–H groups in total. The first-order chi connectivity index (χ1) is 9.81. The molecule has 20 heavy (non-hydrogen) atoms. The monoisotopic (exact) mass is 264 g/mol. The molecular weight excluding hydrogens is 256 g/mol. The van der Waals surface area contributed by atoms with Crippen LogP contribution in [0.2, 0.25) is 0 Å². The van der Waals surface area contributed by atoms with Crippen LogP contribution >= 0.6 is 0 Å². The number of nitrogens with zero attached hydrogens (tertiary/aromatic N) is 5. The number of hydrazone groups is 1. The molecule has 0 spiro atoms. The van der Waals surface area contributed by atoms with Gasteiger partial charge >= 0.3 is 0 Å². The second kappa shape index (κ2) is 6.47. The summed E-state index contributed by atoms with van der Waals surface area (Å²) in [7, 11) is 0. The van der Waals surface area contributed by atoms with E-state index in [0.29, 0.717) is 17.3 Å². The van der Waals surface area contributed by atoms with Gasteiger partial charge in [-0.05, 0) is 24.3 Å². The van der Waals surface area contributed by atoms with Crippen molar-refractivity contribution in [1.82, 2.24) is 9.97 Å². The third-order valence-corrected chi connectivity index (χ3v) is 2.12. The number of rotatable bonds is 4. The van der Waals surface area contributed by atoms with E-state index in [2.05, 4.69) is 20.5 Å². The Morgan fingerprint density at radius 3 is 2.50 bits per heavy atom. The van der Waals surface area contributed by atoms with E-state index < -0.39 is 0 Å². The minimum absolute atomic E-state index is 0.245. The molecule has 0 aliphatic carbocycles. The van der Waals surface area contributed by atoms with Gasteiger partial charge in [0.15, 0.2) is 0 Å². The summed E-state index contributed by atoms with van der Waals surface area (Å²) in [5, 5.41) is 20.7. The van der Waals surface area contributed by atoms with E-state index in [1.54, 1.807) is 42.6 Å². The highest BCUT2D eigenvalue weighted by Crippen LogP contribution is 2.20. The van der Waals surface area contributed by atoms with Gasteiger partial charge in [0, 0.05) is 12.4 Å².